The van der Waals surface area contributed by atoms with Crippen LogP contribution in [0.3, 0.4) is 0 Å². The Morgan fingerprint density at radius 1 is 1.45 bits per heavy atom. The van der Waals surface area contributed by atoms with Crippen LogP contribution in [0.2, 0.25) is 0 Å². The molecular formula is C15H22N2O3. The number of carbonyl (C=O) groups is 1. The average molecular weight is 278 g/mol. The number of likely N-dealkylation sites (tertiary alicyclic amines) is 1. The van der Waals surface area contributed by atoms with Gasteiger partial charge in [0.25, 0.3) is 5.91 Å². The largest absolute Gasteiger partial charge is 0.381 e. The molecule has 5 heteroatoms. The topological polar surface area (TPSA) is 55.6 Å². The Kier molecular flexibility index (Phi) is 4.05. The van der Waals surface area contributed by atoms with Crippen molar-refractivity contribution >= 4 is 5.91 Å². The van der Waals surface area contributed by atoms with E-state index in [0.29, 0.717) is 11.7 Å². The van der Waals surface area contributed by atoms with E-state index >= 15 is 0 Å². The summed E-state index contributed by atoms with van der Waals surface area (Å²) in [5.74, 6) is 0.953. The Hall–Kier alpha value is -1.36. The molecule has 1 unspecified atom stereocenters. The molecule has 1 aliphatic carbocycles. The van der Waals surface area contributed by atoms with E-state index in [-0.39, 0.29) is 5.91 Å². The van der Waals surface area contributed by atoms with E-state index in [1.54, 1.807) is 0 Å². The highest BCUT2D eigenvalue weighted by Crippen LogP contribution is 2.26. The molecule has 0 spiro atoms. The summed E-state index contributed by atoms with van der Waals surface area (Å²) >= 11 is 0. The average Bonchev–Trinajstić information content (AvgIpc) is 3.11. The van der Waals surface area contributed by atoms with Crippen molar-refractivity contribution in [3.8, 4) is 0 Å². The molecule has 0 saturated carbocycles. The quantitative estimate of drug-likeness (QED) is 0.846. The van der Waals surface area contributed by atoms with Crippen LogP contribution in [0, 0.1) is 5.92 Å². The molecule has 3 rings (SSSR count). The van der Waals surface area contributed by atoms with Crippen molar-refractivity contribution < 1.29 is 14.1 Å². The number of hydrogen-bond acceptors (Lipinski definition) is 4. The zero-order chi connectivity index (χ0) is 13.9. The summed E-state index contributed by atoms with van der Waals surface area (Å²) in [6.07, 6.45) is 5.16. The second kappa shape index (κ2) is 5.95. The lowest BCUT2D eigenvalue weighted by Gasteiger charge is -2.16. The van der Waals surface area contributed by atoms with Crippen LogP contribution in [-0.4, -0.2) is 42.3 Å². The van der Waals surface area contributed by atoms with Gasteiger partial charge in [0.1, 0.15) is 0 Å². The molecule has 0 aromatic carbocycles. The predicted octanol–water partition coefficient (Wildman–Crippen LogP) is 2.05. The number of nitrogens with zero attached hydrogens (tertiary/aromatic N) is 2. The van der Waals surface area contributed by atoms with E-state index in [2.05, 4.69) is 5.16 Å². The van der Waals surface area contributed by atoms with Gasteiger partial charge < -0.3 is 14.2 Å². The maximum Gasteiger partial charge on any atom is 0.292 e. The molecule has 1 aromatic heterocycles. The van der Waals surface area contributed by atoms with E-state index in [4.69, 9.17) is 9.26 Å². The van der Waals surface area contributed by atoms with Gasteiger partial charge in [0.2, 0.25) is 5.76 Å². The third-order valence-corrected chi connectivity index (χ3v) is 4.28. The Labute approximate surface area is 119 Å². The maximum atomic E-state index is 12.6. The summed E-state index contributed by atoms with van der Waals surface area (Å²) in [5.41, 5.74) is 2.04. The van der Waals surface area contributed by atoms with E-state index in [1.807, 2.05) is 11.8 Å². The van der Waals surface area contributed by atoms with E-state index < -0.39 is 0 Å². The number of fused-ring (bicyclic) bond motifs is 1. The molecule has 110 valence electrons. The van der Waals surface area contributed by atoms with Crippen molar-refractivity contribution in [3.63, 3.8) is 0 Å². The van der Waals surface area contributed by atoms with Crippen LogP contribution in [0.15, 0.2) is 4.52 Å². The van der Waals surface area contributed by atoms with Gasteiger partial charge in [-0.2, -0.15) is 0 Å². The number of amides is 1. The minimum Gasteiger partial charge on any atom is -0.381 e. The number of ether oxygens (including phenoxy) is 1. The van der Waals surface area contributed by atoms with Crippen molar-refractivity contribution in [2.24, 2.45) is 5.92 Å². The maximum absolute atomic E-state index is 12.6. The predicted molar refractivity (Wildman–Crippen MR) is 73.6 cm³/mol. The smallest absolute Gasteiger partial charge is 0.292 e. The van der Waals surface area contributed by atoms with Crippen molar-refractivity contribution in [1.29, 1.82) is 0 Å². The molecule has 1 fully saturated rings. The lowest BCUT2D eigenvalue weighted by atomic mass is 9.96. The molecule has 2 aliphatic rings. The molecular weight excluding hydrogens is 256 g/mol. The zero-order valence-electron chi connectivity index (χ0n) is 12.1. The number of aryl methyl sites for hydroxylation is 1. The normalized spacial score (nSPS) is 22.1. The molecule has 0 radical (unpaired) electrons. The highest BCUT2D eigenvalue weighted by atomic mass is 16.5. The van der Waals surface area contributed by atoms with Crippen LogP contribution >= 0.6 is 0 Å². The van der Waals surface area contributed by atoms with Crippen LogP contribution in [0.4, 0.5) is 0 Å². The Morgan fingerprint density at radius 3 is 3.15 bits per heavy atom. The Balaban J connectivity index is 1.66. The van der Waals surface area contributed by atoms with Gasteiger partial charge in [-0.05, 0) is 39.0 Å². The summed E-state index contributed by atoms with van der Waals surface area (Å²) in [4.78, 5) is 14.4. The molecule has 0 N–H and O–H groups in total. The molecule has 0 bridgehead atoms. The number of carbonyl (C=O) groups excluding carboxylic acids is 1. The minimum atomic E-state index is 0.0136. The van der Waals surface area contributed by atoms with E-state index in [0.717, 1.165) is 69.7 Å². The Morgan fingerprint density at radius 2 is 2.30 bits per heavy atom. The van der Waals surface area contributed by atoms with E-state index in [1.165, 1.54) is 0 Å². The van der Waals surface area contributed by atoms with Crippen molar-refractivity contribution in [1.82, 2.24) is 10.1 Å². The Bertz CT molecular complexity index is 483. The van der Waals surface area contributed by atoms with Gasteiger partial charge in [0, 0.05) is 31.2 Å². The second-order valence-corrected chi connectivity index (χ2v) is 5.71. The first-order valence-electron chi connectivity index (χ1n) is 7.64. The van der Waals surface area contributed by atoms with Crippen LogP contribution in [0.5, 0.6) is 0 Å². The van der Waals surface area contributed by atoms with Crippen LogP contribution < -0.4 is 0 Å². The van der Waals surface area contributed by atoms with Gasteiger partial charge in [-0.15, -0.1) is 0 Å². The first kappa shape index (κ1) is 13.6. The highest BCUT2D eigenvalue weighted by Gasteiger charge is 2.32. The number of hydrogen-bond donors (Lipinski definition) is 0. The third-order valence-electron chi connectivity index (χ3n) is 4.28. The minimum absolute atomic E-state index is 0.0136. The van der Waals surface area contributed by atoms with Gasteiger partial charge in [0.05, 0.1) is 12.3 Å². The van der Waals surface area contributed by atoms with Crippen LogP contribution in [-0.2, 0) is 17.6 Å². The molecule has 5 nitrogen and oxygen atoms in total. The molecule has 1 aromatic rings. The van der Waals surface area contributed by atoms with Gasteiger partial charge in [0.15, 0.2) is 0 Å². The van der Waals surface area contributed by atoms with E-state index in [9.17, 15) is 4.79 Å². The lowest BCUT2D eigenvalue weighted by molar-refractivity contribution is 0.0722. The number of rotatable bonds is 4. The SMILES string of the molecule is CCOCC1CCN(C(=O)c2onc3c2CCCC3)C1. The van der Waals surface area contributed by atoms with Gasteiger partial charge in [-0.3, -0.25) is 4.79 Å². The zero-order valence-corrected chi connectivity index (χ0v) is 12.1. The molecule has 20 heavy (non-hydrogen) atoms. The van der Waals surface area contributed by atoms with Crippen molar-refractivity contribution in [2.75, 3.05) is 26.3 Å². The summed E-state index contributed by atoms with van der Waals surface area (Å²) in [6, 6.07) is 0. The number of aromatic nitrogens is 1. The molecule has 2 heterocycles. The highest BCUT2D eigenvalue weighted by molar-refractivity contribution is 5.93. The second-order valence-electron chi connectivity index (χ2n) is 5.71. The van der Waals surface area contributed by atoms with Gasteiger partial charge >= 0.3 is 0 Å². The van der Waals surface area contributed by atoms with Crippen LogP contribution in [0.25, 0.3) is 0 Å². The molecule has 1 amide bonds. The summed E-state index contributed by atoms with van der Waals surface area (Å²) in [7, 11) is 0. The van der Waals surface area contributed by atoms with Gasteiger partial charge in [-0.1, -0.05) is 5.16 Å². The molecule has 1 saturated heterocycles. The third kappa shape index (κ3) is 2.59. The van der Waals surface area contributed by atoms with Crippen molar-refractivity contribution in [2.45, 2.75) is 39.0 Å². The fraction of sp³-hybridized carbons (Fsp3) is 0.733. The first-order chi connectivity index (χ1) is 9.79. The lowest BCUT2D eigenvalue weighted by Crippen LogP contribution is -2.30. The standard InChI is InChI=1S/C15H22N2O3/c1-2-19-10-11-7-8-17(9-11)15(18)14-12-5-3-4-6-13(12)16-20-14/h11H,2-10H2,1H3. The monoisotopic (exact) mass is 278 g/mol. The fourth-order valence-electron chi connectivity index (χ4n) is 3.14. The van der Waals surface area contributed by atoms with Crippen LogP contribution in [0.1, 0.15) is 48.0 Å². The van der Waals surface area contributed by atoms with Gasteiger partial charge in [-0.25, -0.2) is 0 Å². The summed E-state index contributed by atoms with van der Waals surface area (Å²) in [6.45, 7) is 5.05. The summed E-state index contributed by atoms with van der Waals surface area (Å²) in [5, 5.41) is 4.07. The molecule has 1 aliphatic heterocycles. The molecule has 1 atom stereocenters. The fourth-order valence-corrected chi connectivity index (χ4v) is 3.14. The van der Waals surface area contributed by atoms with Crippen molar-refractivity contribution in [3.05, 3.63) is 17.0 Å². The first-order valence-corrected chi connectivity index (χ1v) is 7.64. The summed E-state index contributed by atoms with van der Waals surface area (Å²) < 4.78 is 10.8.